The maximum atomic E-state index is 12.9. The second-order valence-corrected chi connectivity index (χ2v) is 8.43. The van der Waals surface area contributed by atoms with Gasteiger partial charge in [-0.25, -0.2) is 4.98 Å². The third-order valence-electron chi connectivity index (χ3n) is 4.87. The molecule has 0 aliphatic carbocycles. The Morgan fingerprint density at radius 3 is 2.42 bits per heavy atom. The normalized spacial score (nSPS) is 13.7. The van der Waals surface area contributed by atoms with Gasteiger partial charge in [0.15, 0.2) is 16.6 Å². The Balaban J connectivity index is 1.48. The lowest BCUT2D eigenvalue weighted by molar-refractivity contribution is -0.118. The number of hydrogen-bond donors (Lipinski definition) is 2. The van der Waals surface area contributed by atoms with Crippen LogP contribution < -0.4 is 24.8 Å². The van der Waals surface area contributed by atoms with Crippen LogP contribution in [0.25, 0.3) is 10.2 Å². The van der Waals surface area contributed by atoms with E-state index in [1.54, 1.807) is 37.4 Å². The largest absolute Gasteiger partial charge is 0.497 e. The number of benzene rings is 2. The average molecular weight is 442 g/mol. The number of thiazole rings is 1. The Kier molecular flexibility index (Phi) is 5.94. The minimum absolute atomic E-state index is 0.120. The molecule has 1 aromatic heterocycles. The molecule has 0 saturated carbocycles. The zero-order valence-electron chi connectivity index (χ0n) is 17.4. The SMILES string of the molecule is COc1ccc(C(=O)N[C@H](C(=O)Nc2nc3cc4c(cc3s2)OCCO4)C(C)C)cc1. The number of methoxy groups -OCH3 is 1. The van der Waals surface area contributed by atoms with Crippen molar-refractivity contribution in [3.8, 4) is 17.2 Å². The summed E-state index contributed by atoms with van der Waals surface area (Å²) in [5, 5.41) is 6.10. The molecule has 2 aromatic carbocycles. The number of nitrogens with one attached hydrogen (secondary N) is 2. The average Bonchev–Trinajstić information content (AvgIpc) is 3.16. The predicted molar refractivity (Wildman–Crippen MR) is 118 cm³/mol. The Bertz CT molecular complexity index is 1070. The van der Waals surface area contributed by atoms with Crippen molar-refractivity contribution in [3.63, 3.8) is 0 Å². The van der Waals surface area contributed by atoms with Gasteiger partial charge in [-0.1, -0.05) is 25.2 Å². The van der Waals surface area contributed by atoms with Gasteiger partial charge < -0.3 is 24.8 Å². The van der Waals surface area contributed by atoms with Crippen LogP contribution in [0.5, 0.6) is 17.2 Å². The van der Waals surface area contributed by atoms with Gasteiger partial charge in [0, 0.05) is 17.7 Å². The minimum atomic E-state index is -0.721. The van der Waals surface area contributed by atoms with Crippen molar-refractivity contribution in [2.75, 3.05) is 25.6 Å². The third kappa shape index (κ3) is 4.56. The van der Waals surface area contributed by atoms with E-state index < -0.39 is 6.04 Å². The molecule has 3 aromatic rings. The van der Waals surface area contributed by atoms with E-state index in [1.165, 1.54) is 11.3 Å². The van der Waals surface area contributed by atoms with Crippen LogP contribution in [-0.2, 0) is 4.79 Å². The molecule has 0 unspecified atom stereocenters. The van der Waals surface area contributed by atoms with E-state index in [2.05, 4.69) is 15.6 Å². The summed E-state index contributed by atoms with van der Waals surface area (Å²) in [7, 11) is 1.56. The summed E-state index contributed by atoms with van der Waals surface area (Å²) >= 11 is 1.34. The molecule has 0 bridgehead atoms. The van der Waals surface area contributed by atoms with E-state index in [0.717, 1.165) is 4.70 Å². The molecule has 2 heterocycles. The van der Waals surface area contributed by atoms with Crippen molar-refractivity contribution in [2.45, 2.75) is 19.9 Å². The Morgan fingerprint density at radius 2 is 1.77 bits per heavy atom. The van der Waals surface area contributed by atoms with Crippen LogP contribution in [0, 0.1) is 5.92 Å². The highest BCUT2D eigenvalue weighted by Crippen LogP contribution is 2.37. The summed E-state index contributed by atoms with van der Waals surface area (Å²) < 4.78 is 17.2. The van der Waals surface area contributed by atoms with Crippen molar-refractivity contribution in [2.24, 2.45) is 5.92 Å². The van der Waals surface area contributed by atoms with E-state index in [0.29, 0.717) is 46.7 Å². The number of nitrogens with zero attached hydrogens (tertiary/aromatic N) is 1. The van der Waals surface area contributed by atoms with Gasteiger partial charge in [-0.05, 0) is 30.2 Å². The standard InChI is InChI=1S/C22H23N3O5S/c1-12(2)19(24-20(26)13-4-6-14(28-3)7-5-13)21(27)25-22-23-15-10-16-17(11-18(15)31-22)30-9-8-29-16/h4-7,10-12,19H,8-9H2,1-3H3,(H,24,26)(H,23,25,27)/t19-/m0/s1. The highest BCUT2D eigenvalue weighted by atomic mass is 32.1. The topological polar surface area (TPSA) is 98.8 Å². The molecule has 0 radical (unpaired) electrons. The number of aromatic nitrogens is 1. The maximum Gasteiger partial charge on any atom is 0.251 e. The smallest absolute Gasteiger partial charge is 0.251 e. The summed E-state index contributed by atoms with van der Waals surface area (Å²) in [5.41, 5.74) is 1.16. The van der Waals surface area contributed by atoms with Gasteiger partial charge in [0.25, 0.3) is 5.91 Å². The van der Waals surface area contributed by atoms with Crippen LogP contribution in [0.2, 0.25) is 0 Å². The highest BCUT2D eigenvalue weighted by Gasteiger charge is 2.26. The van der Waals surface area contributed by atoms with E-state index in [4.69, 9.17) is 14.2 Å². The second kappa shape index (κ2) is 8.81. The lowest BCUT2D eigenvalue weighted by atomic mass is 10.0. The molecule has 2 amide bonds. The minimum Gasteiger partial charge on any atom is -0.497 e. The third-order valence-corrected chi connectivity index (χ3v) is 5.80. The van der Waals surface area contributed by atoms with Gasteiger partial charge in [-0.2, -0.15) is 0 Å². The zero-order chi connectivity index (χ0) is 22.0. The van der Waals surface area contributed by atoms with Gasteiger partial charge in [-0.3, -0.25) is 9.59 Å². The van der Waals surface area contributed by atoms with Crippen LogP contribution in [0.15, 0.2) is 36.4 Å². The molecule has 31 heavy (non-hydrogen) atoms. The van der Waals surface area contributed by atoms with Crippen molar-refractivity contribution in [3.05, 3.63) is 42.0 Å². The fraction of sp³-hybridized carbons (Fsp3) is 0.318. The summed E-state index contributed by atoms with van der Waals surface area (Å²) in [4.78, 5) is 30.0. The van der Waals surface area contributed by atoms with Gasteiger partial charge >= 0.3 is 0 Å². The molecule has 9 heteroatoms. The van der Waals surface area contributed by atoms with Gasteiger partial charge in [0.2, 0.25) is 5.91 Å². The molecule has 0 spiro atoms. The first-order chi connectivity index (χ1) is 14.9. The first-order valence-corrected chi connectivity index (χ1v) is 10.7. The van der Waals surface area contributed by atoms with Crippen LogP contribution in [0.3, 0.4) is 0 Å². The molecule has 4 rings (SSSR count). The molecule has 0 fully saturated rings. The van der Waals surface area contributed by atoms with E-state index in [9.17, 15) is 9.59 Å². The lowest BCUT2D eigenvalue weighted by Crippen LogP contribution is -2.47. The number of ether oxygens (including phenoxy) is 3. The quantitative estimate of drug-likeness (QED) is 0.608. The number of fused-ring (bicyclic) bond motifs is 2. The first kappa shape index (κ1) is 20.9. The number of carbonyl (C=O) groups is 2. The maximum absolute atomic E-state index is 12.9. The number of carbonyl (C=O) groups excluding carboxylic acids is 2. The number of anilines is 1. The monoisotopic (exact) mass is 441 g/mol. The number of amides is 2. The zero-order valence-corrected chi connectivity index (χ0v) is 18.2. The van der Waals surface area contributed by atoms with Crippen LogP contribution >= 0.6 is 11.3 Å². The van der Waals surface area contributed by atoms with Crippen molar-refractivity contribution >= 4 is 38.5 Å². The second-order valence-electron chi connectivity index (χ2n) is 7.40. The van der Waals surface area contributed by atoms with Crippen LogP contribution in [0.4, 0.5) is 5.13 Å². The predicted octanol–water partition coefficient (Wildman–Crippen LogP) is 3.47. The first-order valence-electron chi connectivity index (χ1n) is 9.90. The molecule has 1 aliphatic rings. The van der Waals surface area contributed by atoms with E-state index in [-0.39, 0.29) is 17.7 Å². The van der Waals surface area contributed by atoms with Crippen LogP contribution in [0.1, 0.15) is 24.2 Å². The van der Waals surface area contributed by atoms with Gasteiger partial charge in [-0.15, -0.1) is 0 Å². The molecule has 0 saturated heterocycles. The molecular formula is C22H23N3O5S. The fourth-order valence-corrected chi connectivity index (χ4v) is 4.08. The van der Waals surface area contributed by atoms with Crippen molar-refractivity contribution in [1.29, 1.82) is 0 Å². The summed E-state index contributed by atoms with van der Waals surface area (Å²) in [6.45, 7) is 4.75. The summed E-state index contributed by atoms with van der Waals surface area (Å²) in [6, 6.07) is 9.66. The highest BCUT2D eigenvalue weighted by molar-refractivity contribution is 7.22. The molecule has 2 N–H and O–H groups in total. The Morgan fingerprint density at radius 1 is 1.10 bits per heavy atom. The molecule has 162 valence electrons. The van der Waals surface area contributed by atoms with Crippen molar-refractivity contribution in [1.82, 2.24) is 10.3 Å². The number of rotatable bonds is 6. The van der Waals surface area contributed by atoms with Crippen molar-refractivity contribution < 1.29 is 23.8 Å². The molecule has 1 aliphatic heterocycles. The number of hydrogen-bond acceptors (Lipinski definition) is 7. The Hall–Kier alpha value is -3.33. The van der Waals surface area contributed by atoms with E-state index in [1.807, 2.05) is 19.9 Å². The lowest BCUT2D eigenvalue weighted by Gasteiger charge is -2.21. The summed E-state index contributed by atoms with van der Waals surface area (Å²) in [5.74, 6) is 1.20. The van der Waals surface area contributed by atoms with E-state index >= 15 is 0 Å². The summed E-state index contributed by atoms with van der Waals surface area (Å²) in [6.07, 6.45) is 0. The molecule has 8 nitrogen and oxygen atoms in total. The van der Waals surface area contributed by atoms with Gasteiger partial charge in [0.05, 0.1) is 17.3 Å². The fourth-order valence-electron chi connectivity index (χ4n) is 3.20. The van der Waals surface area contributed by atoms with Gasteiger partial charge in [0.1, 0.15) is 25.0 Å². The Labute approximate surface area is 183 Å². The molecular weight excluding hydrogens is 418 g/mol. The van der Waals surface area contributed by atoms with Crippen LogP contribution in [-0.4, -0.2) is 43.2 Å². The molecule has 1 atom stereocenters.